The van der Waals surface area contributed by atoms with Crippen LogP contribution in [0.3, 0.4) is 0 Å². The molecule has 4 heterocycles. The second kappa shape index (κ2) is 8.03. The Bertz CT molecular complexity index is 1100. The van der Waals surface area contributed by atoms with Crippen LogP contribution in [0.25, 0.3) is 22.2 Å². The molecule has 1 aliphatic rings. The summed E-state index contributed by atoms with van der Waals surface area (Å²) in [5, 5.41) is 3.63. The van der Waals surface area contributed by atoms with Crippen molar-refractivity contribution in [1.82, 2.24) is 19.9 Å². The van der Waals surface area contributed by atoms with Crippen LogP contribution in [-0.2, 0) is 4.79 Å². The first-order valence-electron chi connectivity index (χ1n) is 9.31. The SMILES string of the molecule is [B]c1nc([B])c(-c2ccc3cnc(NC(=O)CN4CCCC4)cc3n2)c([B])c1[B]. The number of likely N-dealkylation sites (tertiary alicyclic amines) is 1. The summed E-state index contributed by atoms with van der Waals surface area (Å²) in [5.74, 6) is 0.334. The molecule has 0 bridgehead atoms. The fourth-order valence-electron chi connectivity index (χ4n) is 3.48. The molecule has 1 saturated heterocycles. The zero-order valence-corrected chi connectivity index (χ0v) is 15.9. The number of carbonyl (C=O) groups is 1. The van der Waals surface area contributed by atoms with Gasteiger partial charge in [0.15, 0.2) is 0 Å². The smallest absolute Gasteiger partial charge is 0.239 e. The third-order valence-corrected chi connectivity index (χ3v) is 5.00. The lowest BCUT2D eigenvalue weighted by Crippen LogP contribution is -2.47. The lowest BCUT2D eigenvalue weighted by Gasteiger charge is -2.16. The highest BCUT2D eigenvalue weighted by molar-refractivity contribution is 6.59. The number of pyridine rings is 3. The molecule has 10 heteroatoms. The lowest BCUT2D eigenvalue weighted by molar-refractivity contribution is -0.117. The number of anilines is 1. The van der Waals surface area contributed by atoms with Gasteiger partial charge in [0.05, 0.1) is 17.8 Å². The monoisotopic (exact) mass is 373 g/mol. The van der Waals surface area contributed by atoms with Crippen molar-refractivity contribution in [3.8, 4) is 11.3 Å². The highest BCUT2D eigenvalue weighted by atomic mass is 16.2. The number of carbonyl (C=O) groups excluding carboxylic acids is 1. The first kappa shape index (κ1) is 19.7. The van der Waals surface area contributed by atoms with Crippen LogP contribution in [0.1, 0.15) is 12.8 Å². The topological polar surface area (TPSA) is 71.0 Å². The number of nitrogens with one attached hydrogen (secondary N) is 1. The molecule has 0 saturated carbocycles. The predicted octanol–water partition coefficient (Wildman–Crippen LogP) is -2.10. The van der Waals surface area contributed by atoms with Gasteiger partial charge in [-0.2, -0.15) is 0 Å². The highest BCUT2D eigenvalue weighted by Gasteiger charge is 2.16. The van der Waals surface area contributed by atoms with Crippen molar-refractivity contribution >= 4 is 76.1 Å². The Morgan fingerprint density at radius 1 is 1.03 bits per heavy atom. The quantitative estimate of drug-likeness (QED) is 0.532. The average Bonchev–Trinajstić information content (AvgIpc) is 3.19. The van der Waals surface area contributed by atoms with E-state index in [2.05, 4.69) is 25.2 Å². The predicted molar refractivity (Wildman–Crippen MR) is 119 cm³/mol. The summed E-state index contributed by atoms with van der Waals surface area (Å²) in [6.07, 6.45) is 3.91. The summed E-state index contributed by atoms with van der Waals surface area (Å²) in [5.41, 5.74) is 2.19. The first-order valence-corrected chi connectivity index (χ1v) is 9.31. The van der Waals surface area contributed by atoms with E-state index in [4.69, 9.17) is 31.4 Å². The van der Waals surface area contributed by atoms with Gasteiger partial charge in [-0.3, -0.25) is 14.7 Å². The molecule has 8 radical (unpaired) electrons. The standard InChI is InChI=1S/C19H15B4N5O/c20-16-15(18(22)27-19(23)17(16)21)11-4-3-10-8-24-13(7-12(10)25-11)26-14(29)9-28-5-1-2-6-28/h3-4,7-8H,1-2,5-6,9H2,(H,24,26,29). The fraction of sp³-hybridized carbons (Fsp3) is 0.263. The molecule has 0 aromatic carbocycles. The number of nitrogens with zero attached hydrogens (tertiary/aromatic N) is 4. The molecule has 1 N–H and O–H groups in total. The molecule has 0 spiro atoms. The maximum absolute atomic E-state index is 12.3. The molecule has 134 valence electrons. The van der Waals surface area contributed by atoms with E-state index in [0.29, 0.717) is 29.1 Å². The molecular formula is C19H15B4N5O. The maximum atomic E-state index is 12.3. The molecule has 3 aromatic heterocycles. The summed E-state index contributed by atoms with van der Waals surface area (Å²) < 4.78 is 0. The van der Waals surface area contributed by atoms with Gasteiger partial charge in [0.1, 0.15) is 37.2 Å². The Morgan fingerprint density at radius 3 is 2.55 bits per heavy atom. The summed E-state index contributed by atoms with van der Waals surface area (Å²) in [6, 6.07) is 5.31. The molecule has 0 atom stereocenters. The fourth-order valence-corrected chi connectivity index (χ4v) is 3.48. The third kappa shape index (κ3) is 4.08. The van der Waals surface area contributed by atoms with Crippen LogP contribution in [0.2, 0.25) is 0 Å². The van der Waals surface area contributed by atoms with Crippen molar-refractivity contribution in [2.75, 3.05) is 25.0 Å². The van der Waals surface area contributed by atoms with Gasteiger partial charge in [-0.15, -0.1) is 0 Å². The van der Waals surface area contributed by atoms with Crippen LogP contribution < -0.4 is 27.4 Å². The van der Waals surface area contributed by atoms with Gasteiger partial charge in [-0.05, 0) is 49.3 Å². The van der Waals surface area contributed by atoms with Crippen molar-refractivity contribution in [3.05, 3.63) is 24.4 Å². The van der Waals surface area contributed by atoms with E-state index in [-0.39, 0.29) is 28.0 Å². The molecule has 3 aromatic rings. The minimum atomic E-state index is -0.0982. The second-order valence-corrected chi connectivity index (χ2v) is 7.07. The van der Waals surface area contributed by atoms with Crippen molar-refractivity contribution in [3.63, 3.8) is 0 Å². The second-order valence-electron chi connectivity index (χ2n) is 7.07. The van der Waals surface area contributed by atoms with E-state index in [1.165, 1.54) is 0 Å². The maximum Gasteiger partial charge on any atom is 0.239 e. The zero-order valence-electron chi connectivity index (χ0n) is 15.9. The normalized spacial score (nSPS) is 14.3. The average molecular weight is 373 g/mol. The molecule has 1 amide bonds. The van der Waals surface area contributed by atoms with Crippen molar-refractivity contribution in [2.24, 2.45) is 0 Å². The van der Waals surface area contributed by atoms with Crippen molar-refractivity contribution in [2.45, 2.75) is 12.8 Å². The number of hydrogen-bond acceptors (Lipinski definition) is 5. The van der Waals surface area contributed by atoms with Gasteiger partial charge in [0.2, 0.25) is 5.91 Å². The summed E-state index contributed by atoms with van der Waals surface area (Å²) in [7, 11) is 23.7. The molecule has 0 unspecified atom stereocenters. The third-order valence-electron chi connectivity index (χ3n) is 5.00. The van der Waals surface area contributed by atoms with Gasteiger partial charge in [-0.25, -0.2) is 9.97 Å². The summed E-state index contributed by atoms with van der Waals surface area (Å²) >= 11 is 0. The van der Waals surface area contributed by atoms with Gasteiger partial charge in [-0.1, -0.05) is 10.9 Å². The van der Waals surface area contributed by atoms with Gasteiger partial charge < -0.3 is 5.32 Å². The Labute approximate surface area is 174 Å². The Kier molecular flexibility index (Phi) is 5.46. The van der Waals surface area contributed by atoms with E-state index < -0.39 is 0 Å². The number of amides is 1. The first-order chi connectivity index (χ1) is 13.9. The highest BCUT2D eigenvalue weighted by Crippen LogP contribution is 2.19. The van der Waals surface area contributed by atoms with E-state index >= 15 is 0 Å². The number of aromatic nitrogens is 3. The van der Waals surface area contributed by atoms with Gasteiger partial charge in [0.25, 0.3) is 0 Å². The van der Waals surface area contributed by atoms with Crippen molar-refractivity contribution in [1.29, 1.82) is 0 Å². The molecule has 1 aliphatic heterocycles. The van der Waals surface area contributed by atoms with Crippen LogP contribution >= 0.6 is 0 Å². The van der Waals surface area contributed by atoms with Crippen LogP contribution in [-0.4, -0.2) is 76.8 Å². The van der Waals surface area contributed by atoms with Crippen LogP contribution in [0.5, 0.6) is 0 Å². The zero-order chi connectivity index (χ0) is 20.5. The van der Waals surface area contributed by atoms with E-state index in [9.17, 15) is 4.79 Å². The number of rotatable bonds is 4. The Morgan fingerprint density at radius 2 is 1.79 bits per heavy atom. The van der Waals surface area contributed by atoms with Crippen LogP contribution in [0.15, 0.2) is 24.4 Å². The molecule has 0 aliphatic carbocycles. The lowest BCUT2D eigenvalue weighted by atomic mass is 9.70. The molecule has 4 rings (SSSR count). The minimum Gasteiger partial charge on any atom is -0.310 e. The molecular weight excluding hydrogens is 357 g/mol. The largest absolute Gasteiger partial charge is 0.310 e. The van der Waals surface area contributed by atoms with E-state index in [0.717, 1.165) is 31.3 Å². The number of hydrogen-bond donors (Lipinski definition) is 1. The van der Waals surface area contributed by atoms with Crippen LogP contribution in [0.4, 0.5) is 5.82 Å². The van der Waals surface area contributed by atoms with E-state index in [1.54, 1.807) is 18.3 Å². The Hall–Kier alpha value is -2.60. The van der Waals surface area contributed by atoms with E-state index in [1.807, 2.05) is 6.07 Å². The molecule has 29 heavy (non-hydrogen) atoms. The van der Waals surface area contributed by atoms with Crippen LogP contribution in [0, 0.1) is 0 Å². The summed E-state index contributed by atoms with van der Waals surface area (Å²) in [4.78, 5) is 27.3. The Balaban J connectivity index is 1.64. The van der Waals surface area contributed by atoms with Gasteiger partial charge in [0, 0.05) is 23.2 Å². The molecule has 1 fully saturated rings. The summed E-state index contributed by atoms with van der Waals surface area (Å²) in [6.45, 7) is 2.26. The minimum absolute atomic E-state index is 0.0803. The number of fused-ring (bicyclic) bond motifs is 1. The van der Waals surface area contributed by atoms with Crippen molar-refractivity contribution < 1.29 is 4.79 Å². The van der Waals surface area contributed by atoms with Gasteiger partial charge >= 0.3 is 0 Å². The molecule has 6 nitrogen and oxygen atoms in total.